The molecule has 3 N–H and O–H groups in total. The zero-order valence-corrected chi connectivity index (χ0v) is 8.54. The van der Waals surface area contributed by atoms with E-state index in [1.165, 1.54) is 7.11 Å². The van der Waals surface area contributed by atoms with E-state index >= 15 is 0 Å². The van der Waals surface area contributed by atoms with Gasteiger partial charge in [-0.25, -0.2) is 0 Å². The van der Waals surface area contributed by atoms with Gasteiger partial charge in [-0.1, -0.05) is 13.8 Å². The summed E-state index contributed by atoms with van der Waals surface area (Å²) in [6, 6.07) is 0. The molecule has 0 aliphatic heterocycles. The van der Waals surface area contributed by atoms with Crippen LogP contribution in [-0.2, 0) is 9.53 Å². The van der Waals surface area contributed by atoms with E-state index in [-0.39, 0.29) is 30.3 Å². The average Bonchev–Trinajstić information content (AvgIpc) is 2.13. The fourth-order valence-electron chi connectivity index (χ4n) is 1.09. The molecule has 4 heteroatoms. The Labute approximate surface area is 79.1 Å². The van der Waals surface area contributed by atoms with Crippen LogP contribution in [0.3, 0.4) is 0 Å². The number of hydrogen-bond acceptors (Lipinski definition) is 4. The third-order valence-corrected chi connectivity index (χ3v) is 2.44. The highest BCUT2D eigenvalue weighted by atomic mass is 16.5. The molecule has 0 bridgehead atoms. The Morgan fingerprint density at radius 3 is 2.46 bits per heavy atom. The largest absolute Gasteiger partial charge is 0.469 e. The maximum absolute atomic E-state index is 11.0. The van der Waals surface area contributed by atoms with Crippen molar-refractivity contribution in [2.45, 2.75) is 20.3 Å². The molecule has 0 saturated carbocycles. The van der Waals surface area contributed by atoms with Gasteiger partial charge in [-0.2, -0.15) is 0 Å². The van der Waals surface area contributed by atoms with Gasteiger partial charge in [0.15, 0.2) is 0 Å². The molecule has 4 nitrogen and oxygen atoms in total. The third-order valence-electron chi connectivity index (χ3n) is 2.44. The number of esters is 1. The summed E-state index contributed by atoms with van der Waals surface area (Å²) in [5.41, 5.74) is 5.19. The molecule has 0 aromatic rings. The summed E-state index contributed by atoms with van der Waals surface area (Å²) in [4.78, 5) is 11.0. The molecule has 1 unspecified atom stereocenters. The van der Waals surface area contributed by atoms with Crippen molar-refractivity contribution in [1.82, 2.24) is 0 Å². The summed E-state index contributed by atoms with van der Waals surface area (Å²) < 4.78 is 4.55. The smallest absolute Gasteiger partial charge is 0.305 e. The second-order valence-corrected chi connectivity index (χ2v) is 3.86. The third kappa shape index (κ3) is 3.74. The normalized spacial score (nSPS) is 13.9. The van der Waals surface area contributed by atoms with Crippen LogP contribution in [0.4, 0.5) is 0 Å². The summed E-state index contributed by atoms with van der Waals surface area (Å²) in [5, 5.41) is 9.07. The molecule has 0 saturated heterocycles. The van der Waals surface area contributed by atoms with Crippen LogP contribution in [0.25, 0.3) is 0 Å². The van der Waals surface area contributed by atoms with E-state index in [1.807, 2.05) is 13.8 Å². The van der Waals surface area contributed by atoms with Gasteiger partial charge in [0.2, 0.25) is 0 Å². The first kappa shape index (κ1) is 12.4. The Bertz CT molecular complexity index is 168. The first-order chi connectivity index (χ1) is 5.97. The molecule has 0 aliphatic rings. The van der Waals surface area contributed by atoms with Crippen molar-refractivity contribution >= 4 is 5.97 Å². The first-order valence-corrected chi connectivity index (χ1v) is 4.35. The monoisotopic (exact) mass is 189 g/mol. The van der Waals surface area contributed by atoms with Gasteiger partial charge in [0.1, 0.15) is 0 Å². The van der Waals surface area contributed by atoms with Crippen LogP contribution in [-0.4, -0.2) is 31.3 Å². The fraction of sp³-hybridized carbons (Fsp3) is 0.889. The molecule has 0 amide bonds. The quantitative estimate of drug-likeness (QED) is 0.603. The summed E-state index contributed by atoms with van der Waals surface area (Å²) in [7, 11) is 1.35. The van der Waals surface area contributed by atoms with E-state index in [1.54, 1.807) is 0 Å². The lowest BCUT2D eigenvalue weighted by Gasteiger charge is -2.30. The number of hydrogen-bond donors (Lipinski definition) is 2. The van der Waals surface area contributed by atoms with E-state index in [4.69, 9.17) is 10.8 Å². The lowest BCUT2D eigenvalue weighted by molar-refractivity contribution is -0.142. The van der Waals surface area contributed by atoms with E-state index in [0.29, 0.717) is 6.54 Å². The summed E-state index contributed by atoms with van der Waals surface area (Å²) in [6.07, 6.45) is 0.264. The zero-order valence-electron chi connectivity index (χ0n) is 8.54. The number of carbonyl (C=O) groups is 1. The molecule has 0 rings (SSSR count). The first-order valence-electron chi connectivity index (χ1n) is 4.35. The van der Waals surface area contributed by atoms with Crippen LogP contribution < -0.4 is 5.73 Å². The number of aliphatic hydroxyl groups is 1. The van der Waals surface area contributed by atoms with Crippen molar-refractivity contribution in [2.24, 2.45) is 17.1 Å². The van der Waals surface area contributed by atoms with E-state index in [2.05, 4.69) is 4.74 Å². The maximum Gasteiger partial charge on any atom is 0.305 e. The van der Waals surface area contributed by atoms with Crippen LogP contribution in [0.2, 0.25) is 0 Å². The Balaban J connectivity index is 4.25. The molecule has 78 valence electrons. The van der Waals surface area contributed by atoms with Gasteiger partial charge in [-0.3, -0.25) is 4.79 Å². The number of methoxy groups -OCH3 is 1. The summed E-state index contributed by atoms with van der Waals surface area (Å²) >= 11 is 0. The van der Waals surface area contributed by atoms with Crippen LogP contribution >= 0.6 is 0 Å². The number of nitrogens with two attached hydrogens (primary N) is 1. The molecular formula is C9H19NO3. The second kappa shape index (κ2) is 5.19. The topological polar surface area (TPSA) is 72.5 Å². The van der Waals surface area contributed by atoms with Gasteiger partial charge in [0.25, 0.3) is 0 Å². The van der Waals surface area contributed by atoms with E-state index < -0.39 is 0 Å². The Kier molecular flexibility index (Phi) is 4.95. The van der Waals surface area contributed by atoms with Crippen molar-refractivity contribution in [3.63, 3.8) is 0 Å². The van der Waals surface area contributed by atoms with Crippen LogP contribution in [0.1, 0.15) is 20.3 Å². The molecule has 0 aromatic carbocycles. The Hall–Kier alpha value is -0.610. The molecule has 0 fully saturated rings. The standard InChI is InChI=1S/C9H19NO3/c1-9(2,6-11)7(5-10)4-8(12)13-3/h7,11H,4-6,10H2,1-3H3. The van der Waals surface area contributed by atoms with Crippen molar-refractivity contribution in [2.75, 3.05) is 20.3 Å². The zero-order chi connectivity index (χ0) is 10.5. The SMILES string of the molecule is COC(=O)CC(CN)C(C)(C)CO. The predicted octanol–water partition coefficient (Wildman–Crippen LogP) is 0.143. The fourth-order valence-corrected chi connectivity index (χ4v) is 1.09. The maximum atomic E-state index is 11.0. The lowest BCUT2D eigenvalue weighted by Crippen LogP contribution is -2.35. The minimum Gasteiger partial charge on any atom is -0.469 e. The number of carbonyl (C=O) groups excluding carboxylic acids is 1. The van der Waals surface area contributed by atoms with Crippen molar-refractivity contribution < 1.29 is 14.6 Å². The van der Waals surface area contributed by atoms with Gasteiger partial charge in [0.05, 0.1) is 13.5 Å². The minimum absolute atomic E-state index is 0.0197. The van der Waals surface area contributed by atoms with Crippen molar-refractivity contribution in [1.29, 1.82) is 0 Å². The van der Waals surface area contributed by atoms with Gasteiger partial charge in [0, 0.05) is 6.61 Å². The molecule has 0 aromatic heterocycles. The molecule has 13 heavy (non-hydrogen) atoms. The summed E-state index contributed by atoms with van der Waals surface area (Å²) in [6.45, 7) is 4.16. The molecule has 0 aliphatic carbocycles. The van der Waals surface area contributed by atoms with E-state index in [9.17, 15) is 4.79 Å². The van der Waals surface area contributed by atoms with Crippen molar-refractivity contribution in [3.05, 3.63) is 0 Å². The highest BCUT2D eigenvalue weighted by molar-refractivity contribution is 5.69. The van der Waals surface area contributed by atoms with Gasteiger partial charge in [-0.05, 0) is 17.9 Å². The Morgan fingerprint density at radius 1 is 1.62 bits per heavy atom. The van der Waals surface area contributed by atoms with Crippen LogP contribution in [0.5, 0.6) is 0 Å². The Morgan fingerprint density at radius 2 is 2.15 bits per heavy atom. The second-order valence-electron chi connectivity index (χ2n) is 3.86. The molecular weight excluding hydrogens is 170 g/mol. The average molecular weight is 189 g/mol. The predicted molar refractivity (Wildman–Crippen MR) is 50.0 cm³/mol. The van der Waals surface area contributed by atoms with Gasteiger partial charge < -0.3 is 15.6 Å². The van der Waals surface area contributed by atoms with E-state index in [0.717, 1.165) is 0 Å². The lowest BCUT2D eigenvalue weighted by atomic mass is 9.78. The summed E-state index contributed by atoms with van der Waals surface area (Å²) in [5.74, 6) is -0.318. The van der Waals surface area contributed by atoms with Crippen molar-refractivity contribution in [3.8, 4) is 0 Å². The number of aliphatic hydroxyl groups excluding tert-OH is 1. The van der Waals surface area contributed by atoms with Gasteiger partial charge >= 0.3 is 5.97 Å². The minimum atomic E-state index is -0.330. The highest BCUT2D eigenvalue weighted by Gasteiger charge is 2.29. The molecule has 0 radical (unpaired) electrons. The molecule has 0 spiro atoms. The van der Waals surface area contributed by atoms with Gasteiger partial charge in [-0.15, -0.1) is 0 Å². The number of ether oxygens (including phenoxy) is 1. The molecule has 1 atom stereocenters. The van der Waals surface area contributed by atoms with Crippen LogP contribution in [0, 0.1) is 11.3 Å². The highest BCUT2D eigenvalue weighted by Crippen LogP contribution is 2.28. The number of rotatable bonds is 5. The van der Waals surface area contributed by atoms with Crippen LogP contribution in [0.15, 0.2) is 0 Å². The molecule has 0 heterocycles.